The molecule has 1 rings (SSSR count). The second kappa shape index (κ2) is 7.47. The molecule has 0 saturated heterocycles. The first-order valence-electron chi connectivity index (χ1n) is 6.45. The van der Waals surface area contributed by atoms with E-state index in [1.54, 1.807) is 13.2 Å². The van der Waals surface area contributed by atoms with Gasteiger partial charge in [-0.25, -0.2) is 0 Å². The third-order valence-electron chi connectivity index (χ3n) is 3.22. The fraction of sp³-hybridized carbons (Fsp3) is 0.375. The van der Waals surface area contributed by atoms with Crippen LogP contribution in [0.4, 0.5) is 0 Å². The molecule has 0 bridgehead atoms. The van der Waals surface area contributed by atoms with Crippen molar-refractivity contribution >= 4 is 18.0 Å². The molecule has 0 atom stereocenters. The van der Waals surface area contributed by atoms with Crippen LogP contribution in [-0.2, 0) is 19.1 Å². The number of carbonyl (C=O) groups is 2. The van der Waals surface area contributed by atoms with E-state index in [1.807, 2.05) is 30.3 Å². The van der Waals surface area contributed by atoms with E-state index in [-0.39, 0.29) is 6.42 Å². The number of ether oxygens (including phenoxy) is 3. The van der Waals surface area contributed by atoms with Gasteiger partial charge in [-0.15, -0.1) is 0 Å². The quantitative estimate of drug-likeness (QED) is 0.595. The van der Waals surface area contributed by atoms with E-state index in [2.05, 4.69) is 9.47 Å². The van der Waals surface area contributed by atoms with Gasteiger partial charge in [-0.05, 0) is 31.0 Å². The van der Waals surface area contributed by atoms with Crippen LogP contribution in [0.2, 0.25) is 0 Å². The Hall–Kier alpha value is -2.30. The number of rotatable bonds is 6. The molecule has 0 heterocycles. The van der Waals surface area contributed by atoms with E-state index in [0.29, 0.717) is 0 Å². The van der Waals surface area contributed by atoms with Crippen molar-refractivity contribution in [2.45, 2.75) is 13.3 Å². The topological polar surface area (TPSA) is 61.8 Å². The minimum absolute atomic E-state index is 0.193. The van der Waals surface area contributed by atoms with Gasteiger partial charge >= 0.3 is 11.9 Å². The van der Waals surface area contributed by atoms with Crippen molar-refractivity contribution in [2.75, 3.05) is 21.3 Å². The average Bonchev–Trinajstić information content (AvgIpc) is 2.53. The lowest BCUT2D eigenvalue weighted by Gasteiger charge is -2.21. The van der Waals surface area contributed by atoms with Crippen LogP contribution in [0, 0.1) is 5.41 Å². The summed E-state index contributed by atoms with van der Waals surface area (Å²) in [6.07, 6.45) is 3.76. The maximum Gasteiger partial charge on any atom is 0.323 e. The van der Waals surface area contributed by atoms with Gasteiger partial charge in [0, 0.05) is 0 Å². The van der Waals surface area contributed by atoms with Crippen molar-refractivity contribution in [1.82, 2.24) is 0 Å². The van der Waals surface area contributed by atoms with E-state index in [1.165, 1.54) is 21.1 Å². The largest absolute Gasteiger partial charge is 0.497 e. The highest BCUT2D eigenvalue weighted by Gasteiger charge is 2.42. The third kappa shape index (κ3) is 4.08. The molecule has 0 aliphatic carbocycles. The van der Waals surface area contributed by atoms with Crippen LogP contribution in [-0.4, -0.2) is 33.3 Å². The fourth-order valence-electron chi connectivity index (χ4n) is 1.85. The molecule has 0 aromatic heterocycles. The first-order valence-corrected chi connectivity index (χ1v) is 6.45. The molecule has 0 aliphatic rings. The molecular weight excluding hydrogens is 272 g/mol. The van der Waals surface area contributed by atoms with Gasteiger partial charge in [0.1, 0.15) is 5.75 Å². The fourth-order valence-corrected chi connectivity index (χ4v) is 1.85. The zero-order chi connectivity index (χ0) is 15.9. The summed E-state index contributed by atoms with van der Waals surface area (Å²) in [6, 6.07) is 7.42. The first kappa shape index (κ1) is 16.8. The second-order valence-electron chi connectivity index (χ2n) is 4.69. The SMILES string of the molecule is COC(=O)C(C)(C/C=C/c1ccc(OC)cc1)C(=O)OC. The van der Waals surface area contributed by atoms with Crippen molar-refractivity contribution in [3.05, 3.63) is 35.9 Å². The predicted molar refractivity (Wildman–Crippen MR) is 78.8 cm³/mol. The van der Waals surface area contributed by atoms with E-state index in [0.717, 1.165) is 11.3 Å². The number of benzene rings is 1. The molecule has 1 aromatic carbocycles. The zero-order valence-electron chi connectivity index (χ0n) is 12.7. The highest BCUT2D eigenvalue weighted by molar-refractivity contribution is 5.99. The molecule has 0 amide bonds. The predicted octanol–water partition coefficient (Wildman–Crippen LogP) is 2.45. The lowest BCUT2D eigenvalue weighted by Crippen LogP contribution is -2.38. The Morgan fingerprint density at radius 3 is 2.00 bits per heavy atom. The molecule has 0 unspecified atom stereocenters. The van der Waals surface area contributed by atoms with Gasteiger partial charge in [0.25, 0.3) is 0 Å². The average molecular weight is 292 g/mol. The monoisotopic (exact) mass is 292 g/mol. The standard InChI is InChI=1S/C16H20O5/c1-16(14(17)20-3,15(18)21-4)11-5-6-12-7-9-13(19-2)10-8-12/h5-10H,11H2,1-4H3/b6-5+. The van der Waals surface area contributed by atoms with Crippen molar-refractivity contribution < 1.29 is 23.8 Å². The lowest BCUT2D eigenvalue weighted by atomic mass is 9.86. The molecule has 0 fully saturated rings. The van der Waals surface area contributed by atoms with E-state index in [9.17, 15) is 9.59 Å². The Morgan fingerprint density at radius 1 is 1.05 bits per heavy atom. The van der Waals surface area contributed by atoms with Crippen LogP contribution in [0.3, 0.4) is 0 Å². The number of carbonyl (C=O) groups excluding carboxylic acids is 2. The maximum absolute atomic E-state index is 11.8. The normalized spacial score (nSPS) is 11.2. The summed E-state index contributed by atoms with van der Waals surface area (Å²) in [4.78, 5) is 23.6. The number of allylic oxidation sites excluding steroid dienone is 1. The molecular formula is C16H20O5. The van der Waals surface area contributed by atoms with Gasteiger partial charge in [-0.3, -0.25) is 9.59 Å². The Labute approximate surface area is 124 Å². The third-order valence-corrected chi connectivity index (χ3v) is 3.22. The van der Waals surface area contributed by atoms with Gasteiger partial charge < -0.3 is 14.2 Å². The van der Waals surface area contributed by atoms with Crippen molar-refractivity contribution in [3.63, 3.8) is 0 Å². The molecule has 114 valence electrons. The Kier molecular flexibility index (Phi) is 5.96. The summed E-state index contributed by atoms with van der Waals surface area (Å²) < 4.78 is 14.4. The zero-order valence-corrected chi connectivity index (χ0v) is 12.7. The summed E-state index contributed by atoms with van der Waals surface area (Å²) in [6.45, 7) is 1.50. The van der Waals surface area contributed by atoms with Crippen molar-refractivity contribution in [3.8, 4) is 5.75 Å². The van der Waals surface area contributed by atoms with Crippen molar-refractivity contribution in [2.24, 2.45) is 5.41 Å². The second-order valence-corrected chi connectivity index (χ2v) is 4.69. The van der Waals surface area contributed by atoms with E-state index < -0.39 is 17.4 Å². The molecule has 21 heavy (non-hydrogen) atoms. The smallest absolute Gasteiger partial charge is 0.323 e. The highest BCUT2D eigenvalue weighted by Crippen LogP contribution is 2.26. The van der Waals surface area contributed by atoms with Gasteiger partial charge in [0.2, 0.25) is 0 Å². The van der Waals surface area contributed by atoms with E-state index in [4.69, 9.17) is 4.74 Å². The summed E-state index contributed by atoms with van der Waals surface area (Å²) in [5.74, 6) is -0.469. The Balaban J connectivity index is 2.82. The molecule has 0 aliphatic heterocycles. The lowest BCUT2D eigenvalue weighted by molar-refractivity contribution is -0.167. The number of esters is 2. The van der Waals surface area contributed by atoms with Crippen molar-refractivity contribution in [1.29, 1.82) is 0 Å². The number of hydrogen-bond acceptors (Lipinski definition) is 5. The van der Waals surface area contributed by atoms with Gasteiger partial charge in [-0.1, -0.05) is 24.3 Å². The Bertz CT molecular complexity index is 500. The number of hydrogen-bond donors (Lipinski definition) is 0. The first-order chi connectivity index (χ1) is 9.97. The molecule has 5 heteroatoms. The highest BCUT2D eigenvalue weighted by atomic mass is 16.5. The van der Waals surface area contributed by atoms with Crippen LogP contribution >= 0.6 is 0 Å². The minimum Gasteiger partial charge on any atom is -0.497 e. The van der Waals surface area contributed by atoms with Crippen LogP contribution in [0.15, 0.2) is 30.3 Å². The Morgan fingerprint density at radius 2 is 1.57 bits per heavy atom. The summed E-state index contributed by atoms with van der Waals surface area (Å²) in [5, 5.41) is 0. The summed E-state index contributed by atoms with van der Waals surface area (Å²) in [5.41, 5.74) is -0.403. The molecule has 0 N–H and O–H groups in total. The number of methoxy groups -OCH3 is 3. The summed E-state index contributed by atoms with van der Waals surface area (Å²) >= 11 is 0. The molecule has 0 radical (unpaired) electrons. The van der Waals surface area contributed by atoms with Gasteiger partial charge in [-0.2, -0.15) is 0 Å². The molecule has 5 nitrogen and oxygen atoms in total. The van der Waals surface area contributed by atoms with Gasteiger partial charge in [0.15, 0.2) is 5.41 Å². The summed E-state index contributed by atoms with van der Waals surface area (Å²) in [7, 11) is 4.09. The molecule has 0 saturated carbocycles. The maximum atomic E-state index is 11.8. The van der Waals surface area contributed by atoms with Crippen LogP contribution in [0.5, 0.6) is 5.75 Å². The minimum atomic E-state index is -1.34. The van der Waals surface area contributed by atoms with Crippen LogP contribution in [0.25, 0.3) is 6.08 Å². The van der Waals surface area contributed by atoms with Gasteiger partial charge in [0.05, 0.1) is 21.3 Å². The van der Waals surface area contributed by atoms with E-state index >= 15 is 0 Å². The molecule has 0 spiro atoms. The van der Waals surface area contributed by atoms with Crippen LogP contribution < -0.4 is 4.74 Å². The molecule has 1 aromatic rings. The van der Waals surface area contributed by atoms with Crippen LogP contribution in [0.1, 0.15) is 18.9 Å².